The molecule has 8 nitrogen and oxygen atoms in total. The molecule has 1 heterocycles. The molecule has 0 aromatic heterocycles. The number of non-ortho nitro benzene ring substituents is 1. The standard InChI is InChI=1S/C17H24N4O4/c1-25-16-12-14(21(23)24)6-7-15(16)18-17(22)20-10-8-19(9-11-20)13-4-2-3-5-13/h6-7,12-13H,2-5,8-11H2,1H3,(H,18,22). The maximum atomic E-state index is 12.5. The highest BCUT2D eigenvalue weighted by Gasteiger charge is 2.28. The molecule has 25 heavy (non-hydrogen) atoms. The lowest BCUT2D eigenvalue weighted by molar-refractivity contribution is -0.384. The summed E-state index contributed by atoms with van der Waals surface area (Å²) >= 11 is 0. The Morgan fingerprint density at radius 1 is 1.24 bits per heavy atom. The number of methoxy groups -OCH3 is 1. The van der Waals surface area contributed by atoms with Crippen molar-refractivity contribution in [2.75, 3.05) is 38.6 Å². The molecule has 0 spiro atoms. The summed E-state index contributed by atoms with van der Waals surface area (Å²) in [6, 6.07) is 4.66. The number of nitrogens with one attached hydrogen (secondary N) is 1. The molecule has 2 aliphatic rings. The summed E-state index contributed by atoms with van der Waals surface area (Å²) < 4.78 is 5.16. The number of nitrogens with zero attached hydrogens (tertiary/aromatic N) is 3. The number of hydrogen-bond donors (Lipinski definition) is 1. The Bertz CT molecular complexity index is 638. The van der Waals surface area contributed by atoms with Crippen LogP contribution in [-0.4, -0.2) is 60.1 Å². The van der Waals surface area contributed by atoms with Gasteiger partial charge in [0.2, 0.25) is 0 Å². The molecule has 1 aliphatic carbocycles. The molecular formula is C17H24N4O4. The number of ether oxygens (including phenoxy) is 1. The van der Waals surface area contributed by atoms with Gasteiger partial charge in [0.05, 0.1) is 23.8 Å². The van der Waals surface area contributed by atoms with E-state index in [1.807, 2.05) is 0 Å². The molecule has 0 atom stereocenters. The summed E-state index contributed by atoms with van der Waals surface area (Å²) in [5, 5.41) is 13.6. The van der Waals surface area contributed by atoms with Crippen LogP contribution in [0.5, 0.6) is 5.75 Å². The van der Waals surface area contributed by atoms with Gasteiger partial charge in [-0.15, -0.1) is 0 Å². The van der Waals surface area contributed by atoms with Crippen LogP contribution in [0.4, 0.5) is 16.2 Å². The lowest BCUT2D eigenvalue weighted by Gasteiger charge is -2.38. The molecule has 1 aromatic rings. The zero-order chi connectivity index (χ0) is 17.8. The first-order valence-corrected chi connectivity index (χ1v) is 8.71. The van der Waals surface area contributed by atoms with Gasteiger partial charge >= 0.3 is 6.03 Å². The Morgan fingerprint density at radius 3 is 2.52 bits per heavy atom. The molecule has 1 saturated carbocycles. The third-order valence-corrected chi connectivity index (χ3v) is 5.08. The van der Waals surface area contributed by atoms with E-state index in [0.29, 0.717) is 24.8 Å². The summed E-state index contributed by atoms with van der Waals surface area (Å²) in [6.45, 7) is 3.18. The van der Waals surface area contributed by atoms with E-state index in [0.717, 1.165) is 13.1 Å². The average molecular weight is 348 g/mol. The SMILES string of the molecule is COc1cc([N+](=O)[O-])ccc1NC(=O)N1CCN(C2CCCC2)CC1. The van der Waals surface area contributed by atoms with E-state index in [-0.39, 0.29) is 17.5 Å². The van der Waals surface area contributed by atoms with E-state index in [1.54, 1.807) is 4.90 Å². The second-order valence-electron chi connectivity index (χ2n) is 6.53. The second kappa shape index (κ2) is 7.69. The number of rotatable bonds is 4. The second-order valence-corrected chi connectivity index (χ2v) is 6.53. The molecule has 0 radical (unpaired) electrons. The fraction of sp³-hybridized carbons (Fsp3) is 0.588. The van der Waals surface area contributed by atoms with Crippen molar-refractivity contribution in [2.45, 2.75) is 31.7 Å². The predicted octanol–water partition coefficient (Wildman–Crippen LogP) is 2.70. The average Bonchev–Trinajstić information content (AvgIpc) is 3.16. The van der Waals surface area contributed by atoms with Crippen LogP contribution in [0, 0.1) is 10.1 Å². The van der Waals surface area contributed by atoms with Crippen LogP contribution in [-0.2, 0) is 0 Å². The zero-order valence-corrected chi connectivity index (χ0v) is 14.4. The van der Waals surface area contributed by atoms with Gasteiger partial charge in [-0.3, -0.25) is 15.0 Å². The Balaban J connectivity index is 1.58. The van der Waals surface area contributed by atoms with Crippen molar-refractivity contribution in [3.8, 4) is 5.75 Å². The number of urea groups is 1. The van der Waals surface area contributed by atoms with Gasteiger partial charge in [-0.25, -0.2) is 4.79 Å². The summed E-state index contributed by atoms with van der Waals surface area (Å²) in [5.41, 5.74) is 0.372. The topological polar surface area (TPSA) is 87.9 Å². The van der Waals surface area contributed by atoms with E-state index in [1.165, 1.54) is 51.0 Å². The number of benzene rings is 1. The van der Waals surface area contributed by atoms with E-state index in [2.05, 4.69) is 10.2 Å². The summed E-state index contributed by atoms with van der Waals surface area (Å²) in [6.07, 6.45) is 5.16. The van der Waals surface area contributed by atoms with Gasteiger partial charge in [0.15, 0.2) is 0 Å². The molecular weight excluding hydrogens is 324 g/mol. The van der Waals surface area contributed by atoms with Gasteiger partial charge in [-0.1, -0.05) is 12.8 Å². The van der Waals surface area contributed by atoms with E-state index < -0.39 is 4.92 Å². The number of hydrogen-bond acceptors (Lipinski definition) is 5. The molecule has 3 rings (SSSR count). The van der Waals surface area contributed by atoms with Crippen molar-refractivity contribution in [2.24, 2.45) is 0 Å². The van der Waals surface area contributed by atoms with Crippen molar-refractivity contribution in [1.29, 1.82) is 0 Å². The molecule has 2 fully saturated rings. The molecule has 1 aliphatic heterocycles. The van der Waals surface area contributed by atoms with Crippen LogP contribution in [0.25, 0.3) is 0 Å². The van der Waals surface area contributed by atoms with Gasteiger partial charge < -0.3 is 15.0 Å². The van der Waals surface area contributed by atoms with Crippen LogP contribution >= 0.6 is 0 Å². The minimum atomic E-state index is -0.490. The normalized spacial score (nSPS) is 19.0. The first-order valence-electron chi connectivity index (χ1n) is 8.71. The molecule has 136 valence electrons. The number of anilines is 1. The van der Waals surface area contributed by atoms with E-state index in [9.17, 15) is 14.9 Å². The Hall–Kier alpha value is -2.35. The van der Waals surface area contributed by atoms with Crippen molar-refractivity contribution < 1.29 is 14.5 Å². The predicted molar refractivity (Wildman–Crippen MR) is 94.1 cm³/mol. The lowest BCUT2D eigenvalue weighted by Crippen LogP contribution is -2.52. The van der Waals surface area contributed by atoms with Crippen LogP contribution < -0.4 is 10.1 Å². The number of carbonyl (C=O) groups is 1. The number of nitro benzene ring substituents is 1. The van der Waals surface area contributed by atoms with Crippen LogP contribution in [0.15, 0.2) is 18.2 Å². The fourth-order valence-electron chi connectivity index (χ4n) is 3.65. The third kappa shape index (κ3) is 4.01. The van der Waals surface area contributed by atoms with Gasteiger partial charge in [0.25, 0.3) is 5.69 Å². The Kier molecular flexibility index (Phi) is 5.37. The lowest BCUT2D eigenvalue weighted by atomic mass is 10.2. The number of carbonyl (C=O) groups excluding carboxylic acids is 1. The first kappa shape index (κ1) is 17.5. The largest absolute Gasteiger partial charge is 0.494 e. The zero-order valence-electron chi connectivity index (χ0n) is 14.4. The highest BCUT2D eigenvalue weighted by molar-refractivity contribution is 5.91. The van der Waals surface area contributed by atoms with Crippen molar-refractivity contribution in [3.63, 3.8) is 0 Å². The monoisotopic (exact) mass is 348 g/mol. The van der Waals surface area contributed by atoms with Crippen molar-refractivity contribution >= 4 is 17.4 Å². The van der Waals surface area contributed by atoms with Crippen LogP contribution in [0.1, 0.15) is 25.7 Å². The van der Waals surface area contributed by atoms with Crippen LogP contribution in [0.2, 0.25) is 0 Å². The minimum Gasteiger partial charge on any atom is -0.494 e. The van der Waals surface area contributed by atoms with E-state index >= 15 is 0 Å². The summed E-state index contributed by atoms with van der Waals surface area (Å²) in [4.78, 5) is 27.1. The van der Waals surface area contributed by atoms with Crippen LogP contribution in [0.3, 0.4) is 0 Å². The summed E-state index contributed by atoms with van der Waals surface area (Å²) in [7, 11) is 1.43. The first-order chi connectivity index (χ1) is 12.1. The van der Waals surface area contributed by atoms with E-state index in [4.69, 9.17) is 4.74 Å². The highest BCUT2D eigenvalue weighted by Crippen LogP contribution is 2.29. The quantitative estimate of drug-likeness (QED) is 0.668. The Labute approximate surface area is 146 Å². The summed E-state index contributed by atoms with van der Waals surface area (Å²) in [5.74, 6) is 0.284. The van der Waals surface area contributed by atoms with Gasteiger partial charge in [-0.2, -0.15) is 0 Å². The Morgan fingerprint density at radius 2 is 1.92 bits per heavy atom. The fourth-order valence-corrected chi connectivity index (χ4v) is 3.65. The molecule has 1 aromatic carbocycles. The maximum Gasteiger partial charge on any atom is 0.322 e. The highest BCUT2D eigenvalue weighted by atomic mass is 16.6. The number of amides is 2. The molecule has 2 amide bonds. The van der Waals surface area contributed by atoms with Crippen molar-refractivity contribution in [3.05, 3.63) is 28.3 Å². The van der Waals surface area contributed by atoms with Gasteiger partial charge in [0.1, 0.15) is 5.75 Å². The molecule has 0 bridgehead atoms. The van der Waals surface area contributed by atoms with Gasteiger partial charge in [0, 0.05) is 38.3 Å². The smallest absolute Gasteiger partial charge is 0.322 e. The molecule has 8 heteroatoms. The minimum absolute atomic E-state index is 0.0694. The number of nitro groups is 1. The van der Waals surface area contributed by atoms with Gasteiger partial charge in [-0.05, 0) is 18.9 Å². The number of piperazine rings is 1. The third-order valence-electron chi connectivity index (χ3n) is 5.08. The molecule has 1 saturated heterocycles. The molecule has 0 unspecified atom stereocenters. The molecule has 1 N–H and O–H groups in total. The maximum absolute atomic E-state index is 12.5. The van der Waals surface area contributed by atoms with Crippen molar-refractivity contribution in [1.82, 2.24) is 9.80 Å².